The molecule has 0 spiro atoms. The zero-order valence-electron chi connectivity index (χ0n) is 27.3. The summed E-state index contributed by atoms with van der Waals surface area (Å²) in [6, 6.07) is 31.2. The van der Waals surface area contributed by atoms with Crippen molar-refractivity contribution in [2.75, 3.05) is 6.54 Å². The van der Waals surface area contributed by atoms with Gasteiger partial charge in [-0.25, -0.2) is 4.39 Å². The summed E-state index contributed by atoms with van der Waals surface area (Å²) in [5, 5.41) is 10.1. The normalized spacial score (nSPS) is 16.8. The lowest BCUT2D eigenvalue weighted by Crippen LogP contribution is -2.24. The Morgan fingerprint density at radius 3 is 1.84 bits per heavy atom. The molecular formula is C40H43Br2Cl2FN4. The number of benzene rings is 4. The van der Waals surface area contributed by atoms with Gasteiger partial charge in [-0.1, -0.05) is 80.7 Å². The molecule has 2 aromatic heterocycles. The minimum Gasteiger partial charge on any atom is -0.357 e. The monoisotopic (exact) mass is 826 g/mol. The van der Waals surface area contributed by atoms with E-state index in [1.807, 2.05) is 12.1 Å². The maximum absolute atomic E-state index is 13.0. The van der Waals surface area contributed by atoms with E-state index in [0.29, 0.717) is 12.1 Å². The highest BCUT2D eigenvalue weighted by Gasteiger charge is 2.24. The third-order valence-corrected chi connectivity index (χ3v) is 10.7. The van der Waals surface area contributed by atoms with Crippen LogP contribution in [0.15, 0.2) is 99.9 Å². The largest absolute Gasteiger partial charge is 0.357 e. The molecule has 0 fully saturated rings. The third-order valence-electron chi connectivity index (χ3n) is 9.70. The molecule has 6 aromatic rings. The summed E-state index contributed by atoms with van der Waals surface area (Å²) >= 11 is 7.18. The Morgan fingerprint density at radius 2 is 1.20 bits per heavy atom. The van der Waals surface area contributed by atoms with Gasteiger partial charge in [0.25, 0.3) is 0 Å². The molecule has 0 aliphatic heterocycles. The van der Waals surface area contributed by atoms with Crippen molar-refractivity contribution in [2.45, 2.75) is 70.0 Å². The second-order valence-corrected chi connectivity index (χ2v) is 14.7. The molecule has 0 radical (unpaired) electrons. The Balaban J connectivity index is 0.000000184. The van der Waals surface area contributed by atoms with E-state index in [9.17, 15) is 4.39 Å². The van der Waals surface area contributed by atoms with E-state index in [-0.39, 0.29) is 30.6 Å². The molecule has 0 saturated heterocycles. The van der Waals surface area contributed by atoms with Gasteiger partial charge in [-0.3, -0.25) is 0 Å². The number of aromatic nitrogens is 2. The van der Waals surface area contributed by atoms with E-state index in [1.165, 1.54) is 94.1 Å². The summed E-state index contributed by atoms with van der Waals surface area (Å²) in [5.41, 5.74) is 10.6. The minimum atomic E-state index is -0.185. The highest BCUT2D eigenvalue weighted by Crippen LogP contribution is 2.37. The minimum absolute atomic E-state index is 0. The average molecular weight is 830 g/mol. The van der Waals surface area contributed by atoms with Gasteiger partial charge in [-0.05, 0) is 122 Å². The highest BCUT2D eigenvalue weighted by atomic mass is 79.9. The number of hydrogen-bond donors (Lipinski definition) is 4. The lowest BCUT2D eigenvalue weighted by atomic mass is 9.91. The molecule has 258 valence electrons. The van der Waals surface area contributed by atoms with Crippen molar-refractivity contribution in [2.24, 2.45) is 0 Å². The molecule has 0 amide bonds. The molecule has 2 unspecified atom stereocenters. The first kappa shape index (κ1) is 37.6. The van der Waals surface area contributed by atoms with Crippen molar-refractivity contribution in [3.05, 3.63) is 139 Å². The fourth-order valence-corrected chi connectivity index (χ4v) is 8.05. The summed E-state index contributed by atoms with van der Waals surface area (Å²) in [7, 11) is 0. The van der Waals surface area contributed by atoms with Gasteiger partial charge >= 0.3 is 0 Å². The number of rotatable bonds is 7. The van der Waals surface area contributed by atoms with E-state index in [2.05, 4.69) is 119 Å². The second kappa shape index (κ2) is 17.5. The van der Waals surface area contributed by atoms with Crippen LogP contribution in [0.5, 0.6) is 0 Å². The molecule has 0 bridgehead atoms. The number of fused-ring (bicyclic) bond motifs is 6. The maximum atomic E-state index is 13.0. The van der Waals surface area contributed by atoms with Gasteiger partial charge in [0.1, 0.15) is 5.82 Å². The Labute approximate surface area is 317 Å². The van der Waals surface area contributed by atoms with Crippen LogP contribution >= 0.6 is 56.7 Å². The van der Waals surface area contributed by atoms with Crippen LogP contribution in [0.1, 0.15) is 77.8 Å². The number of aryl methyl sites for hydroxylation is 2. The zero-order chi connectivity index (χ0) is 32.2. The SMILES string of the molecule is Brc1ccc2[nH]c3c(c2c1)CCCCC3NCCc1ccccc1.Cl.Cl.Fc1ccc(CNC2CCCc3c2[nH]c2ccc(Br)cc32)cc1. The van der Waals surface area contributed by atoms with Gasteiger partial charge in [0.15, 0.2) is 0 Å². The van der Waals surface area contributed by atoms with Crippen LogP contribution in [-0.2, 0) is 25.8 Å². The van der Waals surface area contributed by atoms with Crippen molar-refractivity contribution in [3.8, 4) is 0 Å². The van der Waals surface area contributed by atoms with Gasteiger partial charge in [0, 0.05) is 60.8 Å². The van der Waals surface area contributed by atoms with E-state index in [0.717, 1.165) is 46.9 Å². The van der Waals surface area contributed by atoms with Crippen molar-refractivity contribution in [1.29, 1.82) is 0 Å². The van der Waals surface area contributed by atoms with Gasteiger partial charge in [0.05, 0.1) is 0 Å². The number of hydrogen-bond acceptors (Lipinski definition) is 2. The van der Waals surface area contributed by atoms with Crippen LogP contribution in [0.4, 0.5) is 4.39 Å². The van der Waals surface area contributed by atoms with Gasteiger partial charge < -0.3 is 20.6 Å². The number of halogens is 5. The molecule has 8 rings (SSSR count). The maximum Gasteiger partial charge on any atom is 0.123 e. The third kappa shape index (κ3) is 8.99. The molecule has 2 aliphatic carbocycles. The van der Waals surface area contributed by atoms with Crippen LogP contribution in [-0.4, -0.2) is 16.5 Å². The summed E-state index contributed by atoms with van der Waals surface area (Å²) in [4.78, 5) is 7.29. The summed E-state index contributed by atoms with van der Waals surface area (Å²) in [6.07, 6.45) is 9.50. The van der Waals surface area contributed by atoms with Crippen molar-refractivity contribution < 1.29 is 4.39 Å². The number of H-pyrrole nitrogens is 2. The lowest BCUT2D eigenvalue weighted by molar-refractivity contribution is 0.452. The van der Waals surface area contributed by atoms with Crippen LogP contribution in [0.25, 0.3) is 21.8 Å². The molecular weight excluding hydrogens is 786 g/mol. The van der Waals surface area contributed by atoms with E-state index < -0.39 is 0 Å². The van der Waals surface area contributed by atoms with E-state index in [4.69, 9.17) is 0 Å². The molecule has 49 heavy (non-hydrogen) atoms. The highest BCUT2D eigenvalue weighted by molar-refractivity contribution is 9.10. The molecule has 0 saturated carbocycles. The average Bonchev–Trinajstić information content (AvgIpc) is 3.57. The summed E-state index contributed by atoms with van der Waals surface area (Å²) < 4.78 is 15.3. The van der Waals surface area contributed by atoms with Gasteiger partial charge in [-0.2, -0.15) is 0 Å². The fraction of sp³-hybridized carbons (Fsp3) is 0.300. The quantitative estimate of drug-likeness (QED) is 0.121. The van der Waals surface area contributed by atoms with E-state index >= 15 is 0 Å². The fourth-order valence-electron chi connectivity index (χ4n) is 7.32. The van der Waals surface area contributed by atoms with Gasteiger partial charge in [-0.15, -0.1) is 24.8 Å². The van der Waals surface area contributed by atoms with Crippen LogP contribution < -0.4 is 10.6 Å². The molecule has 4 N–H and O–H groups in total. The Kier molecular flexibility index (Phi) is 13.4. The smallest absolute Gasteiger partial charge is 0.123 e. The molecule has 4 aromatic carbocycles. The topological polar surface area (TPSA) is 55.6 Å². The molecule has 4 nitrogen and oxygen atoms in total. The van der Waals surface area contributed by atoms with Crippen LogP contribution in [0, 0.1) is 5.82 Å². The molecule has 2 aliphatic rings. The second-order valence-electron chi connectivity index (χ2n) is 12.9. The van der Waals surface area contributed by atoms with E-state index in [1.54, 1.807) is 0 Å². The van der Waals surface area contributed by atoms with Crippen molar-refractivity contribution in [1.82, 2.24) is 20.6 Å². The Morgan fingerprint density at radius 1 is 0.633 bits per heavy atom. The molecule has 2 heterocycles. The summed E-state index contributed by atoms with van der Waals surface area (Å²) in [5.74, 6) is -0.185. The van der Waals surface area contributed by atoms with Crippen LogP contribution in [0.2, 0.25) is 0 Å². The Hall–Kier alpha value is -2.65. The first-order chi connectivity index (χ1) is 23.0. The molecule has 9 heteroatoms. The molecule has 2 atom stereocenters. The Bertz CT molecular complexity index is 1960. The first-order valence-corrected chi connectivity index (χ1v) is 18.5. The van der Waals surface area contributed by atoms with Gasteiger partial charge in [0.2, 0.25) is 0 Å². The standard InChI is InChI=1S/C21H23BrN2.C19H18BrFN2.2ClH/c22-16-10-11-19-18(14-16)17-8-4-5-9-20(21(17)24-19)23-13-12-15-6-2-1-3-7-15;20-13-6-9-17-16(10-13)15-2-1-3-18(19(15)23-17)22-11-12-4-7-14(21)8-5-12;;/h1-3,6-7,10-11,14,20,23-24H,4-5,8-9,12-13H2;4-10,18,22-23H,1-3,11H2;2*1H. The summed E-state index contributed by atoms with van der Waals surface area (Å²) in [6.45, 7) is 1.77. The number of aromatic amines is 2. The van der Waals surface area contributed by atoms with Crippen molar-refractivity contribution in [3.63, 3.8) is 0 Å². The number of nitrogens with one attached hydrogen (secondary N) is 4. The first-order valence-electron chi connectivity index (χ1n) is 16.9. The van der Waals surface area contributed by atoms with Crippen molar-refractivity contribution >= 4 is 78.5 Å². The lowest BCUT2D eigenvalue weighted by Gasteiger charge is -2.24. The zero-order valence-corrected chi connectivity index (χ0v) is 32.1. The predicted octanol–water partition coefficient (Wildman–Crippen LogP) is 11.6. The predicted molar refractivity (Wildman–Crippen MR) is 214 cm³/mol. The van der Waals surface area contributed by atoms with Crippen LogP contribution in [0.3, 0.4) is 0 Å².